The van der Waals surface area contributed by atoms with Crippen molar-refractivity contribution in [1.29, 1.82) is 10.5 Å². The molecule has 1 rings (SSSR count). The van der Waals surface area contributed by atoms with Crippen molar-refractivity contribution in [1.82, 2.24) is 0 Å². The van der Waals surface area contributed by atoms with Gasteiger partial charge < -0.3 is 0 Å². The Kier molecular flexibility index (Phi) is 6.24. The lowest BCUT2D eigenvalue weighted by atomic mass is 9.88. The Morgan fingerprint density at radius 3 is 2.10 bits per heavy atom. The number of benzene rings is 1. The molecule has 0 radical (unpaired) electrons. The van der Waals surface area contributed by atoms with E-state index in [1.807, 2.05) is 6.07 Å². The zero-order valence-corrected chi connectivity index (χ0v) is 14.2. The van der Waals surface area contributed by atoms with Gasteiger partial charge >= 0.3 is 0 Å². The van der Waals surface area contributed by atoms with Gasteiger partial charge in [-0.3, -0.25) is 0 Å². The van der Waals surface area contributed by atoms with E-state index in [0.717, 1.165) is 39.6 Å². The van der Waals surface area contributed by atoms with Gasteiger partial charge in [0, 0.05) is 4.47 Å². The lowest BCUT2D eigenvalue weighted by Crippen LogP contribution is -2.07. The third-order valence-electron chi connectivity index (χ3n) is 3.14. The minimum atomic E-state index is 0.377. The molecule has 1 aromatic rings. The summed E-state index contributed by atoms with van der Waals surface area (Å²) in [6, 6.07) is 6.61. The Bertz CT molecular complexity index is 560. The van der Waals surface area contributed by atoms with Crippen LogP contribution >= 0.6 is 15.9 Å². The van der Waals surface area contributed by atoms with E-state index in [2.05, 4.69) is 55.8 Å². The van der Waals surface area contributed by atoms with Crippen molar-refractivity contribution in [2.75, 3.05) is 0 Å². The van der Waals surface area contributed by atoms with Gasteiger partial charge in [-0.1, -0.05) is 49.7 Å². The number of hydrogen-bond acceptors (Lipinski definition) is 2. The molecule has 0 heterocycles. The topological polar surface area (TPSA) is 47.6 Å². The van der Waals surface area contributed by atoms with E-state index in [-0.39, 0.29) is 0 Å². The second-order valence-corrected chi connectivity index (χ2v) is 6.80. The van der Waals surface area contributed by atoms with Crippen LogP contribution in [0.5, 0.6) is 0 Å². The second kappa shape index (κ2) is 7.46. The first-order valence-electron chi connectivity index (χ1n) is 7.00. The van der Waals surface area contributed by atoms with Crippen LogP contribution in [0, 0.1) is 34.5 Å². The number of nitrogens with zero attached hydrogens (tertiary/aromatic N) is 2. The molecule has 0 amide bonds. The van der Waals surface area contributed by atoms with Crippen molar-refractivity contribution in [3.63, 3.8) is 0 Å². The van der Waals surface area contributed by atoms with Crippen LogP contribution in [0.25, 0.3) is 0 Å². The summed E-state index contributed by atoms with van der Waals surface area (Å²) in [7, 11) is 0. The van der Waals surface area contributed by atoms with E-state index in [4.69, 9.17) is 5.26 Å². The number of halogens is 1. The molecule has 0 aliphatic heterocycles. The van der Waals surface area contributed by atoms with Gasteiger partial charge in [-0.25, -0.2) is 0 Å². The predicted octanol–water partition coefficient (Wildman–Crippen LogP) is 4.78. The van der Waals surface area contributed by atoms with Crippen LogP contribution in [-0.2, 0) is 19.3 Å². The summed E-state index contributed by atoms with van der Waals surface area (Å²) >= 11 is 3.60. The first kappa shape index (κ1) is 16.7. The van der Waals surface area contributed by atoms with Crippen LogP contribution in [0.1, 0.15) is 49.9 Å². The zero-order chi connectivity index (χ0) is 15.3. The van der Waals surface area contributed by atoms with Crippen molar-refractivity contribution in [2.24, 2.45) is 11.8 Å². The van der Waals surface area contributed by atoms with Crippen molar-refractivity contribution in [3.05, 3.63) is 32.8 Å². The van der Waals surface area contributed by atoms with Crippen molar-refractivity contribution in [2.45, 2.75) is 47.0 Å². The predicted molar refractivity (Wildman–Crippen MR) is 85.3 cm³/mol. The normalized spacial score (nSPS) is 10.7. The van der Waals surface area contributed by atoms with Crippen LogP contribution in [0.15, 0.2) is 10.5 Å². The third kappa shape index (κ3) is 4.09. The smallest absolute Gasteiger partial charge is 0.0997 e. The van der Waals surface area contributed by atoms with Crippen molar-refractivity contribution in [3.8, 4) is 12.1 Å². The lowest BCUT2D eigenvalue weighted by molar-refractivity contribution is 0.632. The van der Waals surface area contributed by atoms with Crippen LogP contribution in [-0.4, -0.2) is 0 Å². The quantitative estimate of drug-likeness (QED) is 0.778. The molecule has 0 spiro atoms. The monoisotopic (exact) mass is 332 g/mol. The fourth-order valence-electron chi connectivity index (χ4n) is 2.40. The summed E-state index contributed by atoms with van der Waals surface area (Å²) in [5.41, 5.74) is 3.93. The minimum Gasteiger partial charge on any atom is -0.198 e. The van der Waals surface area contributed by atoms with E-state index >= 15 is 0 Å². The first-order valence-corrected chi connectivity index (χ1v) is 7.80. The average molecular weight is 333 g/mol. The highest BCUT2D eigenvalue weighted by atomic mass is 79.9. The number of hydrogen-bond donors (Lipinski definition) is 0. The Balaban J connectivity index is 3.48. The van der Waals surface area contributed by atoms with Gasteiger partial charge in [0.25, 0.3) is 0 Å². The van der Waals surface area contributed by atoms with Crippen LogP contribution in [0.2, 0.25) is 0 Å². The molecule has 0 saturated heterocycles. The molecule has 0 atom stereocenters. The van der Waals surface area contributed by atoms with Crippen LogP contribution in [0.4, 0.5) is 0 Å². The third-order valence-corrected chi connectivity index (χ3v) is 4.13. The molecule has 0 fully saturated rings. The summed E-state index contributed by atoms with van der Waals surface area (Å²) in [6.07, 6.45) is 2.11. The van der Waals surface area contributed by atoms with E-state index in [9.17, 15) is 5.26 Å². The van der Waals surface area contributed by atoms with Gasteiger partial charge in [0.1, 0.15) is 0 Å². The maximum Gasteiger partial charge on any atom is 0.0997 e. The molecule has 0 N–H and O–H groups in total. The van der Waals surface area contributed by atoms with E-state index in [1.165, 1.54) is 0 Å². The fourth-order valence-corrected chi connectivity index (χ4v) is 3.01. The SMILES string of the molecule is CC(C)Cc1cc(CC#N)c(Br)c(CC(C)C)c1C#N. The minimum absolute atomic E-state index is 0.377. The van der Waals surface area contributed by atoms with Gasteiger partial charge in [0.15, 0.2) is 0 Å². The molecular weight excluding hydrogens is 312 g/mol. The average Bonchev–Trinajstić information content (AvgIpc) is 2.34. The highest BCUT2D eigenvalue weighted by Gasteiger charge is 2.17. The molecular formula is C17H21BrN2. The molecule has 1 aromatic carbocycles. The second-order valence-electron chi connectivity index (χ2n) is 6.00. The Hall–Kier alpha value is -1.32. The summed E-state index contributed by atoms with van der Waals surface area (Å²) < 4.78 is 0.941. The maximum absolute atomic E-state index is 9.53. The molecule has 0 bridgehead atoms. The van der Waals surface area contributed by atoms with Crippen LogP contribution in [0.3, 0.4) is 0 Å². The van der Waals surface area contributed by atoms with Gasteiger partial charge in [-0.05, 0) is 41.4 Å². The number of nitriles is 2. The summed E-state index contributed by atoms with van der Waals surface area (Å²) in [5.74, 6) is 0.966. The van der Waals surface area contributed by atoms with Crippen LogP contribution < -0.4 is 0 Å². The number of rotatable bonds is 5. The summed E-state index contributed by atoms with van der Waals surface area (Å²) in [6.45, 7) is 8.59. The van der Waals surface area contributed by atoms with E-state index in [1.54, 1.807) is 0 Å². The van der Waals surface area contributed by atoms with Gasteiger partial charge in [0.05, 0.1) is 24.1 Å². The zero-order valence-electron chi connectivity index (χ0n) is 12.6. The fraction of sp³-hybridized carbons (Fsp3) is 0.529. The molecule has 0 unspecified atom stereocenters. The Morgan fingerprint density at radius 1 is 1.05 bits per heavy atom. The Labute approximate surface area is 130 Å². The summed E-state index contributed by atoms with van der Waals surface area (Å²) in [5, 5.41) is 18.5. The Morgan fingerprint density at radius 2 is 1.65 bits per heavy atom. The highest BCUT2D eigenvalue weighted by molar-refractivity contribution is 9.10. The molecule has 106 valence electrons. The maximum atomic E-state index is 9.53. The standard InChI is InChI=1S/C17H21BrN2/c1-11(2)7-14-9-13(5-6-19)17(18)15(8-12(3)4)16(14)10-20/h9,11-12H,5,7-8H2,1-4H3. The van der Waals surface area contributed by atoms with Gasteiger partial charge in [0.2, 0.25) is 0 Å². The highest BCUT2D eigenvalue weighted by Crippen LogP contribution is 2.31. The van der Waals surface area contributed by atoms with Crippen molar-refractivity contribution < 1.29 is 0 Å². The van der Waals surface area contributed by atoms with Gasteiger partial charge in [-0.15, -0.1) is 0 Å². The first-order chi connectivity index (χ1) is 9.40. The largest absolute Gasteiger partial charge is 0.198 e. The molecule has 0 saturated carbocycles. The molecule has 3 heteroatoms. The summed E-state index contributed by atoms with van der Waals surface area (Å²) in [4.78, 5) is 0. The molecule has 0 aromatic heterocycles. The lowest BCUT2D eigenvalue weighted by Gasteiger charge is -2.17. The molecule has 20 heavy (non-hydrogen) atoms. The molecule has 0 aliphatic rings. The van der Waals surface area contributed by atoms with Gasteiger partial charge in [-0.2, -0.15) is 10.5 Å². The van der Waals surface area contributed by atoms with E-state index in [0.29, 0.717) is 18.3 Å². The molecule has 0 aliphatic carbocycles. The van der Waals surface area contributed by atoms with Crippen molar-refractivity contribution >= 4 is 15.9 Å². The molecule has 2 nitrogen and oxygen atoms in total. The van der Waals surface area contributed by atoms with E-state index < -0.39 is 0 Å².